The summed E-state index contributed by atoms with van der Waals surface area (Å²) < 4.78 is 26.9. The van der Waals surface area contributed by atoms with Crippen LogP contribution in [0.15, 0.2) is 18.3 Å². The Morgan fingerprint density at radius 2 is 2.30 bits per heavy atom. The number of carbonyl (C=O) groups excluding carboxylic acids is 1. The number of alkyl halides is 2. The molecule has 2 unspecified atom stereocenters. The molecular weight excluding hydrogens is 306 g/mol. The minimum atomic E-state index is -2.77. The Bertz CT molecular complexity index is 733. The van der Waals surface area contributed by atoms with Crippen LogP contribution in [-0.4, -0.2) is 38.3 Å². The number of amides is 1. The normalized spacial score (nSPS) is 24.5. The van der Waals surface area contributed by atoms with Gasteiger partial charge in [-0.15, -0.1) is 10.2 Å². The lowest BCUT2D eigenvalue weighted by Crippen LogP contribution is -2.44. The summed E-state index contributed by atoms with van der Waals surface area (Å²) in [5.41, 5.74) is 0.175. The lowest BCUT2D eigenvalue weighted by molar-refractivity contribution is 0.0829. The van der Waals surface area contributed by atoms with E-state index in [-0.39, 0.29) is 35.2 Å². The molecule has 0 spiro atoms. The van der Waals surface area contributed by atoms with Gasteiger partial charge in [0.1, 0.15) is 0 Å². The molecule has 3 rings (SSSR count). The van der Waals surface area contributed by atoms with Crippen LogP contribution in [0.4, 0.5) is 8.78 Å². The number of carbonyl (C=O) groups is 1. The van der Waals surface area contributed by atoms with E-state index >= 15 is 0 Å². The fraction of sp³-hybridized carbons (Fsp3) is 0.533. The van der Waals surface area contributed by atoms with Gasteiger partial charge >= 0.3 is 0 Å². The highest BCUT2D eigenvalue weighted by Gasteiger charge is 2.39. The molecule has 1 fully saturated rings. The Labute approximate surface area is 131 Å². The van der Waals surface area contributed by atoms with E-state index in [1.165, 1.54) is 18.3 Å². The van der Waals surface area contributed by atoms with Crippen LogP contribution in [0.1, 0.15) is 48.8 Å². The molecule has 8 heteroatoms. The lowest BCUT2D eigenvalue weighted by atomic mass is 9.85. The van der Waals surface area contributed by atoms with Crippen LogP contribution in [0.2, 0.25) is 0 Å². The number of aliphatic hydroxyl groups is 1. The van der Waals surface area contributed by atoms with Crippen molar-refractivity contribution in [2.24, 2.45) is 5.41 Å². The maximum Gasteiger partial charge on any atom is 0.297 e. The quantitative estimate of drug-likeness (QED) is 0.901. The molecule has 0 bridgehead atoms. The van der Waals surface area contributed by atoms with Crippen molar-refractivity contribution in [3.05, 3.63) is 29.7 Å². The fourth-order valence-corrected chi connectivity index (χ4v) is 3.10. The van der Waals surface area contributed by atoms with E-state index in [4.69, 9.17) is 0 Å². The maximum absolute atomic E-state index is 12.9. The number of nitrogens with one attached hydrogen (secondary N) is 1. The lowest BCUT2D eigenvalue weighted by Gasteiger charge is -2.30. The van der Waals surface area contributed by atoms with Gasteiger partial charge in [-0.1, -0.05) is 13.3 Å². The SMILES string of the molecule is CC1(CO)CCCC1NC(=O)c1ccc2nnc(C(F)F)n2c1. The van der Waals surface area contributed by atoms with Gasteiger partial charge in [-0.25, -0.2) is 8.78 Å². The minimum Gasteiger partial charge on any atom is -0.396 e. The second kappa shape index (κ2) is 5.84. The topological polar surface area (TPSA) is 79.5 Å². The van der Waals surface area contributed by atoms with Crippen LogP contribution in [0.5, 0.6) is 0 Å². The molecule has 2 N–H and O–H groups in total. The Balaban J connectivity index is 1.85. The van der Waals surface area contributed by atoms with Gasteiger partial charge in [-0.3, -0.25) is 9.20 Å². The second-order valence-electron chi connectivity index (χ2n) is 6.24. The molecule has 2 heterocycles. The average Bonchev–Trinajstić information content (AvgIpc) is 3.11. The van der Waals surface area contributed by atoms with Crippen molar-refractivity contribution >= 4 is 11.6 Å². The molecule has 1 amide bonds. The van der Waals surface area contributed by atoms with Gasteiger partial charge in [0.2, 0.25) is 5.82 Å². The standard InChI is InChI=1S/C15H18F2N4O2/c1-15(8-22)6-2-3-10(15)18-14(23)9-4-5-11-19-20-13(12(16)17)21(11)7-9/h4-5,7,10,12,22H,2-3,6,8H2,1H3,(H,18,23). The average molecular weight is 324 g/mol. The van der Waals surface area contributed by atoms with Crippen molar-refractivity contribution in [2.45, 2.75) is 38.7 Å². The molecule has 124 valence electrons. The highest BCUT2D eigenvalue weighted by molar-refractivity contribution is 5.94. The molecule has 0 aliphatic heterocycles. The summed E-state index contributed by atoms with van der Waals surface area (Å²) in [4.78, 5) is 12.4. The van der Waals surface area contributed by atoms with Gasteiger partial charge in [0.05, 0.1) is 12.2 Å². The van der Waals surface area contributed by atoms with Crippen molar-refractivity contribution in [3.63, 3.8) is 0 Å². The molecule has 6 nitrogen and oxygen atoms in total. The van der Waals surface area contributed by atoms with Crippen LogP contribution in [0.3, 0.4) is 0 Å². The molecule has 0 aromatic carbocycles. The van der Waals surface area contributed by atoms with Gasteiger partial charge in [-0.05, 0) is 25.0 Å². The number of halogens is 2. The van der Waals surface area contributed by atoms with Gasteiger partial charge in [0, 0.05) is 17.7 Å². The first kappa shape index (κ1) is 15.8. The number of aliphatic hydroxyl groups excluding tert-OH is 1. The molecule has 2 atom stereocenters. The first-order valence-electron chi connectivity index (χ1n) is 7.49. The number of hydrogen-bond donors (Lipinski definition) is 2. The predicted molar refractivity (Wildman–Crippen MR) is 78.2 cm³/mol. The number of fused-ring (bicyclic) bond motifs is 1. The number of rotatable bonds is 4. The van der Waals surface area contributed by atoms with Crippen LogP contribution in [0, 0.1) is 5.41 Å². The summed E-state index contributed by atoms with van der Waals surface area (Å²) in [6, 6.07) is 2.87. The zero-order chi connectivity index (χ0) is 16.6. The first-order chi connectivity index (χ1) is 10.9. The van der Waals surface area contributed by atoms with Crippen molar-refractivity contribution in [3.8, 4) is 0 Å². The highest BCUT2D eigenvalue weighted by atomic mass is 19.3. The van der Waals surface area contributed by atoms with Crippen molar-refractivity contribution < 1.29 is 18.7 Å². The van der Waals surface area contributed by atoms with Gasteiger partial charge in [-0.2, -0.15) is 0 Å². The molecule has 23 heavy (non-hydrogen) atoms. The second-order valence-corrected chi connectivity index (χ2v) is 6.24. The zero-order valence-electron chi connectivity index (χ0n) is 12.7. The Hall–Kier alpha value is -2.09. The molecule has 1 aliphatic carbocycles. The summed E-state index contributed by atoms with van der Waals surface area (Å²) in [7, 11) is 0. The Morgan fingerprint density at radius 3 is 3.00 bits per heavy atom. The molecule has 1 aliphatic rings. The molecule has 0 radical (unpaired) electrons. The van der Waals surface area contributed by atoms with E-state index in [1.807, 2.05) is 6.92 Å². The van der Waals surface area contributed by atoms with E-state index in [0.29, 0.717) is 0 Å². The van der Waals surface area contributed by atoms with E-state index < -0.39 is 12.2 Å². The molecular formula is C15H18F2N4O2. The van der Waals surface area contributed by atoms with Crippen molar-refractivity contribution in [1.82, 2.24) is 19.9 Å². The minimum absolute atomic E-state index is 0.00203. The van der Waals surface area contributed by atoms with Gasteiger partial charge < -0.3 is 10.4 Å². The number of pyridine rings is 1. The molecule has 2 aromatic rings. The Kier molecular flexibility index (Phi) is 4.01. The van der Waals surface area contributed by atoms with Crippen LogP contribution in [-0.2, 0) is 0 Å². The van der Waals surface area contributed by atoms with Crippen molar-refractivity contribution in [1.29, 1.82) is 0 Å². The summed E-state index contributed by atoms with van der Waals surface area (Å²) in [5, 5.41) is 19.5. The van der Waals surface area contributed by atoms with E-state index in [9.17, 15) is 18.7 Å². The monoisotopic (exact) mass is 324 g/mol. The van der Waals surface area contributed by atoms with Crippen LogP contribution >= 0.6 is 0 Å². The molecule has 0 saturated heterocycles. The highest BCUT2D eigenvalue weighted by Crippen LogP contribution is 2.37. The third-order valence-electron chi connectivity index (χ3n) is 4.63. The van der Waals surface area contributed by atoms with Gasteiger partial charge in [0.25, 0.3) is 12.3 Å². The van der Waals surface area contributed by atoms with E-state index in [2.05, 4.69) is 15.5 Å². The first-order valence-corrected chi connectivity index (χ1v) is 7.49. The van der Waals surface area contributed by atoms with Crippen LogP contribution in [0.25, 0.3) is 5.65 Å². The third kappa shape index (κ3) is 2.78. The maximum atomic E-state index is 12.9. The van der Waals surface area contributed by atoms with Gasteiger partial charge in [0.15, 0.2) is 5.65 Å². The largest absolute Gasteiger partial charge is 0.396 e. The zero-order valence-corrected chi connectivity index (χ0v) is 12.7. The summed E-state index contributed by atoms with van der Waals surface area (Å²) in [5.74, 6) is -0.844. The fourth-order valence-electron chi connectivity index (χ4n) is 3.10. The van der Waals surface area contributed by atoms with Crippen LogP contribution < -0.4 is 5.32 Å². The summed E-state index contributed by atoms with van der Waals surface area (Å²) in [6.45, 7) is 1.93. The Morgan fingerprint density at radius 1 is 1.52 bits per heavy atom. The van der Waals surface area contributed by atoms with Crippen molar-refractivity contribution in [2.75, 3.05) is 6.61 Å². The smallest absolute Gasteiger partial charge is 0.297 e. The number of aromatic nitrogens is 3. The summed E-state index contributed by atoms with van der Waals surface area (Å²) in [6.07, 6.45) is 1.12. The number of nitrogens with zero attached hydrogens (tertiary/aromatic N) is 3. The predicted octanol–water partition coefficient (Wildman–Crippen LogP) is 1.95. The summed E-state index contributed by atoms with van der Waals surface area (Å²) >= 11 is 0. The third-order valence-corrected chi connectivity index (χ3v) is 4.63. The molecule has 1 saturated carbocycles. The van der Waals surface area contributed by atoms with E-state index in [0.717, 1.165) is 23.7 Å². The van der Waals surface area contributed by atoms with E-state index in [1.54, 1.807) is 0 Å². The molecule has 2 aromatic heterocycles. The number of hydrogen-bond acceptors (Lipinski definition) is 4.